The lowest BCUT2D eigenvalue weighted by Crippen LogP contribution is -2.00. The monoisotopic (exact) mass is 228 g/mol. The number of hydrogen-bond donors (Lipinski definition) is 1. The zero-order valence-electron chi connectivity index (χ0n) is 9.62. The van der Waals surface area contributed by atoms with Crippen LogP contribution in [0, 0.1) is 6.92 Å². The van der Waals surface area contributed by atoms with Crippen molar-refractivity contribution in [1.29, 1.82) is 0 Å². The van der Waals surface area contributed by atoms with E-state index in [2.05, 4.69) is 15.1 Å². The number of aromatic nitrogens is 5. The molecule has 0 saturated heterocycles. The van der Waals surface area contributed by atoms with Gasteiger partial charge in [0.2, 0.25) is 5.95 Å². The van der Waals surface area contributed by atoms with Crippen LogP contribution < -0.4 is 5.73 Å². The van der Waals surface area contributed by atoms with Gasteiger partial charge in [-0.3, -0.25) is 9.25 Å². The number of pyridine rings is 1. The van der Waals surface area contributed by atoms with E-state index in [9.17, 15) is 0 Å². The second kappa shape index (κ2) is 3.31. The Morgan fingerprint density at radius 1 is 1.24 bits per heavy atom. The predicted molar refractivity (Wildman–Crippen MR) is 64.8 cm³/mol. The smallest absolute Gasteiger partial charge is 0.207 e. The molecule has 2 N–H and O–H groups in total. The van der Waals surface area contributed by atoms with Crippen molar-refractivity contribution in [2.24, 2.45) is 7.05 Å². The third-order valence-corrected chi connectivity index (χ3v) is 2.62. The first-order valence-corrected chi connectivity index (χ1v) is 5.26. The molecule has 3 aromatic rings. The van der Waals surface area contributed by atoms with Crippen molar-refractivity contribution in [2.75, 3.05) is 5.73 Å². The fourth-order valence-corrected chi connectivity index (χ4v) is 1.85. The van der Waals surface area contributed by atoms with E-state index < -0.39 is 0 Å². The molecule has 0 fully saturated rings. The number of hydrogen-bond acceptors (Lipinski definition) is 4. The van der Waals surface area contributed by atoms with E-state index in [1.54, 1.807) is 15.4 Å². The van der Waals surface area contributed by atoms with Gasteiger partial charge in [-0.1, -0.05) is 0 Å². The molecule has 6 nitrogen and oxygen atoms in total. The highest BCUT2D eigenvalue weighted by atomic mass is 15.3. The number of nitrogens with zero attached hydrogens (tertiary/aromatic N) is 5. The summed E-state index contributed by atoms with van der Waals surface area (Å²) in [6, 6.07) is 3.84. The summed E-state index contributed by atoms with van der Waals surface area (Å²) in [7, 11) is 1.86. The minimum Gasteiger partial charge on any atom is -0.369 e. The molecular formula is C11H12N6. The summed E-state index contributed by atoms with van der Waals surface area (Å²) in [6.45, 7) is 1.94. The molecule has 3 aromatic heterocycles. The van der Waals surface area contributed by atoms with E-state index in [0.29, 0.717) is 5.95 Å². The molecule has 17 heavy (non-hydrogen) atoms. The lowest BCUT2D eigenvalue weighted by atomic mass is 10.3. The Hall–Kier alpha value is -2.37. The molecule has 3 heterocycles. The average molecular weight is 228 g/mol. The van der Waals surface area contributed by atoms with Crippen molar-refractivity contribution in [3.63, 3.8) is 0 Å². The zero-order chi connectivity index (χ0) is 12.0. The Morgan fingerprint density at radius 3 is 2.76 bits per heavy atom. The van der Waals surface area contributed by atoms with Gasteiger partial charge in [-0.15, -0.1) is 0 Å². The number of rotatable bonds is 1. The van der Waals surface area contributed by atoms with Gasteiger partial charge in [0.25, 0.3) is 0 Å². The number of imidazole rings is 1. The normalized spacial score (nSPS) is 11.2. The maximum atomic E-state index is 5.92. The molecular weight excluding hydrogens is 216 g/mol. The SMILES string of the molecule is Cc1ccc2nc(N)n(-c3cnn(C)c3)c2n1. The topological polar surface area (TPSA) is 74.5 Å². The van der Waals surface area contributed by atoms with Crippen molar-refractivity contribution >= 4 is 17.1 Å². The van der Waals surface area contributed by atoms with Gasteiger partial charge in [0, 0.05) is 18.9 Å². The summed E-state index contributed by atoms with van der Waals surface area (Å²) in [6.07, 6.45) is 3.61. The first-order valence-electron chi connectivity index (χ1n) is 5.26. The molecule has 0 amide bonds. The van der Waals surface area contributed by atoms with Crippen LogP contribution in [-0.2, 0) is 7.05 Å². The Kier molecular flexibility index (Phi) is 1.91. The lowest BCUT2D eigenvalue weighted by Gasteiger charge is -2.01. The Morgan fingerprint density at radius 2 is 2.06 bits per heavy atom. The van der Waals surface area contributed by atoms with Gasteiger partial charge < -0.3 is 5.73 Å². The first kappa shape index (κ1) is 9.83. The summed E-state index contributed by atoms with van der Waals surface area (Å²) >= 11 is 0. The largest absolute Gasteiger partial charge is 0.369 e. The summed E-state index contributed by atoms with van der Waals surface area (Å²) < 4.78 is 3.52. The molecule has 0 spiro atoms. The minimum atomic E-state index is 0.422. The van der Waals surface area contributed by atoms with Crippen LogP contribution in [0.5, 0.6) is 0 Å². The Balaban J connectivity index is 2.34. The standard InChI is InChI=1S/C11H12N6/c1-7-3-4-9-10(14-7)17(11(12)15-9)8-5-13-16(2)6-8/h3-6H,1-2H3,(H2,12,15). The van der Waals surface area contributed by atoms with Gasteiger partial charge in [-0.05, 0) is 19.1 Å². The quantitative estimate of drug-likeness (QED) is 0.675. The zero-order valence-corrected chi connectivity index (χ0v) is 9.62. The van der Waals surface area contributed by atoms with Gasteiger partial charge in [0.15, 0.2) is 5.65 Å². The fraction of sp³-hybridized carbons (Fsp3) is 0.182. The van der Waals surface area contributed by atoms with E-state index in [4.69, 9.17) is 5.73 Å². The molecule has 0 aliphatic heterocycles. The number of fused-ring (bicyclic) bond motifs is 1. The maximum absolute atomic E-state index is 5.92. The summed E-state index contributed by atoms with van der Waals surface area (Å²) in [4.78, 5) is 8.75. The fourth-order valence-electron chi connectivity index (χ4n) is 1.85. The van der Waals surface area contributed by atoms with Crippen LogP contribution >= 0.6 is 0 Å². The lowest BCUT2D eigenvalue weighted by molar-refractivity contribution is 0.767. The molecule has 3 rings (SSSR count). The maximum Gasteiger partial charge on any atom is 0.207 e. The van der Waals surface area contributed by atoms with Crippen molar-refractivity contribution in [3.05, 3.63) is 30.2 Å². The second-order valence-electron chi connectivity index (χ2n) is 3.97. The molecule has 0 atom stereocenters. The van der Waals surface area contributed by atoms with Crippen LogP contribution in [0.4, 0.5) is 5.95 Å². The van der Waals surface area contributed by atoms with Gasteiger partial charge >= 0.3 is 0 Å². The van der Waals surface area contributed by atoms with E-state index >= 15 is 0 Å². The van der Waals surface area contributed by atoms with Crippen LogP contribution in [-0.4, -0.2) is 24.3 Å². The Bertz CT molecular complexity index is 693. The molecule has 0 unspecified atom stereocenters. The average Bonchev–Trinajstić information content (AvgIpc) is 2.81. The van der Waals surface area contributed by atoms with Crippen LogP contribution in [0.15, 0.2) is 24.5 Å². The van der Waals surface area contributed by atoms with Crippen LogP contribution in [0.1, 0.15) is 5.69 Å². The van der Waals surface area contributed by atoms with Crippen LogP contribution in [0.2, 0.25) is 0 Å². The molecule has 0 bridgehead atoms. The summed E-state index contributed by atoms with van der Waals surface area (Å²) in [5.74, 6) is 0.422. The van der Waals surface area contributed by atoms with Crippen LogP contribution in [0.3, 0.4) is 0 Å². The van der Waals surface area contributed by atoms with E-state index in [0.717, 1.165) is 22.5 Å². The third kappa shape index (κ3) is 1.45. The molecule has 0 radical (unpaired) electrons. The van der Waals surface area contributed by atoms with E-state index in [1.165, 1.54) is 0 Å². The summed E-state index contributed by atoms with van der Waals surface area (Å²) in [5.41, 5.74) is 9.27. The molecule has 86 valence electrons. The number of anilines is 1. The second-order valence-corrected chi connectivity index (χ2v) is 3.97. The molecule has 0 saturated carbocycles. The molecule has 6 heteroatoms. The van der Waals surface area contributed by atoms with Gasteiger partial charge in [-0.25, -0.2) is 9.97 Å². The molecule has 0 aromatic carbocycles. The van der Waals surface area contributed by atoms with Gasteiger partial charge in [-0.2, -0.15) is 5.10 Å². The van der Waals surface area contributed by atoms with Gasteiger partial charge in [0.05, 0.1) is 11.9 Å². The third-order valence-electron chi connectivity index (χ3n) is 2.62. The first-order chi connectivity index (χ1) is 8.15. The van der Waals surface area contributed by atoms with E-state index in [1.807, 2.05) is 32.3 Å². The van der Waals surface area contributed by atoms with Gasteiger partial charge in [0.1, 0.15) is 5.52 Å². The number of aryl methyl sites for hydroxylation is 2. The van der Waals surface area contributed by atoms with Crippen molar-refractivity contribution in [1.82, 2.24) is 24.3 Å². The number of nitrogens with two attached hydrogens (primary N) is 1. The molecule has 0 aliphatic carbocycles. The van der Waals surface area contributed by atoms with Crippen molar-refractivity contribution in [2.45, 2.75) is 6.92 Å². The predicted octanol–water partition coefficient (Wildman–Crippen LogP) is 1.04. The highest BCUT2D eigenvalue weighted by Gasteiger charge is 2.12. The van der Waals surface area contributed by atoms with Crippen molar-refractivity contribution in [3.8, 4) is 5.69 Å². The summed E-state index contributed by atoms with van der Waals surface area (Å²) in [5, 5.41) is 4.13. The highest BCUT2D eigenvalue weighted by molar-refractivity contribution is 5.76. The highest BCUT2D eigenvalue weighted by Crippen LogP contribution is 2.21. The minimum absolute atomic E-state index is 0.422. The Labute approximate surface area is 97.7 Å². The number of nitrogen functional groups attached to an aromatic ring is 1. The molecule has 0 aliphatic rings. The van der Waals surface area contributed by atoms with Crippen LogP contribution in [0.25, 0.3) is 16.9 Å². The van der Waals surface area contributed by atoms with Crippen molar-refractivity contribution < 1.29 is 0 Å². The van der Waals surface area contributed by atoms with E-state index in [-0.39, 0.29) is 0 Å².